The lowest BCUT2D eigenvalue weighted by Gasteiger charge is -2.05. The number of nitrogens with zero attached hydrogens (tertiary/aromatic N) is 3. The maximum atomic E-state index is 5.96. The Morgan fingerprint density at radius 1 is 1.16 bits per heavy atom. The number of rotatable bonds is 4. The van der Waals surface area contributed by atoms with E-state index in [1.54, 1.807) is 19.2 Å². The van der Waals surface area contributed by atoms with Gasteiger partial charge in [0.05, 0.1) is 17.2 Å². The molecule has 8 heteroatoms. The molecule has 1 N–H and O–H groups in total. The molecule has 0 unspecified atom stereocenters. The Morgan fingerprint density at radius 2 is 1.95 bits per heavy atom. The summed E-state index contributed by atoms with van der Waals surface area (Å²) in [5.74, 6) is 0.439. The van der Waals surface area contributed by atoms with E-state index in [1.807, 2.05) is 6.07 Å². The first-order chi connectivity index (χ1) is 9.12. The number of hydrogen-bond donors (Lipinski definition) is 1. The fraction of sp³-hybridized carbons (Fsp3) is 0.182. The maximum Gasteiger partial charge on any atom is 0.321 e. The molecule has 0 saturated carbocycles. The molecule has 2 rings (SSSR count). The van der Waals surface area contributed by atoms with Crippen molar-refractivity contribution in [2.45, 2.75) is 10.1 Å². The van der Waals surface area contributed by atoms with Gasteiger partial charge >= 0.3 is 6.01 Å². The molecular formula is C11H10Cl2N4OS. The van der Waals surface area contributed by atoms with Crippen molar-refractivity contribution in [1.29, 1.82) is 0 Å². The molecule has 100 valence electrons. The van der Waals surface area contributed by atoms with Crippen LogP contribution in [0.15, 0.2) is 28.3 Å². The van der Waals surface area contributed by atoms with Crippen molar-refractivity contribution in [3.05, 3.63) is 28.2 Å². The van der Waals surface area contributed by atoms with Gasteiger partial charge in [0.15, 0.2) is 0 Å². The standard InChI is InChI=1S/C11H10Cl2N4OS/c1-14-9-15-10(18-2)17-11(16-9)19-6-3-4-7(12)8(13)5-6/h3-5H,1-2H3,(H,14,15,16,17). The fourth-order valence-electron chi connectivity index (χ4n) is 1.23. The van der Waals surface area contributed by atoms with E-state index in [9.17, 15) is 0 Å². The van der Waals surface area contributed by atoms with Crippen molar-refractivity contribution in [2.75, 3.05) is 19.5 Å². The molecule has 0 atom stereocenters. The van der Waals surface area contributed by atoms with Crippen LogP contribution in [0.4, 0.5) is 5.95 Å². The van der Waals surface area contributed by atoms with Gasteiger partial charge in [0, 0.05) is 11.9 Å². The lowest BCUT2D eigenvalue weighted by molar-refractivity contribution is 0.374. The highest BCUT2D eigenvalue weighted by Gasteiger charge is 2.08. The van der Waals surface area contributed by atoms with Gasteiger partial charge in [-0.1, -0.05) is 23.2 Å². The van der Waals surface area contributed by atoms with Crippen LogP contribution in [0.5, 0.6) is 6.01 Å². The predicted molar refractivity (Wildman–Crippen MR) is 76.5 cm³/mol. The maximum absolute atomic E-state index is 5.96. The first-order valence-electron chi connectivity index (χ1n) is 5.23. The highest BCUT2D eigenvalue weighted by atomic mass is 35.5. The molecule has 1 heterocycles. The van der Waals surface area contributed by atoms with Crippen LogP contribution in [0.25, 0.3) is 0 Å². The Labute approximate surface area is 124 Å². The van der Waals surface area contributed by atoms with E-state index in [0.717, 1.165) is 4.90 Å². The van der Waals surface area contributed by atoms with Gasteiger partial charge in [-0.05, 0) is 30.0 Å². The normalized spacial score (nSPS) is 10.3. The highest BCUT2D eigenvalue weighted by molar-refractivity contribution is 7.99. The second-order valence-electron chi connectivity index (χ2n) is 3.36. The third-order valence-electron chi connectivity index (χ3n) is 2.10. The van der Waals surface area contributed by atoms with Crippen LogP contribution in [0.3, 0.4) is 0 Å². The average Bonchev–Trinajstić information content (AvgIpc) is 2.42. The first kappa shape index (κ1) is 14.2. The van der Waals surface area contributed by atoms with E-state index < -0.39 is 0 Å². The largest absolute Gasteiger partial charge is 0.467 e. The molecule has 0 aliphatic rings. The van der Waals surface area contributed by atoms with Gasteiger partial charge in [-0.25, -0.2) is 0 Å². The zero-order valence-electron chi connectivity index (χ0n) is 10.1. The number of hydrogen-bond acceptors (Lipinski definition) is 6. The van der Waals surface area contributed by atoms with E-state index in [1.165, 1.54) is 18.9 Å². The molecule has 5 nitrogen and oxygen atoms in total. The highest BCUT2D eigenvalue weighted by Crippen LogP contribution is 2.31. The molecule has 0 saturated heterocycles. The van der Waals surface area contributed by atoms with Gasteiger partial charge in [-0.3, -0.25) is 0 Å². The van der Waals surface area contributed by atoms with E-state index in [-0.39, 0.29) is 6.01 Å². The Kier molecular flexibility index (Phi) is 4.68. The molecule has 0 fully saturated rings. The van der Waals surface area contributed by atoms with Crippen molar-refractivity contribution in [2.24, 2.45) is 0 Å². The number of nitrogens with one attached hydrogen (secondary N) is 1. The molecule has 0 bridgehead atoms. The Balaban J connectivity index is 2.29. The predicted octanol–water partition coefficient (Wildman–Crippen LogP) is 3.38. The smallest absolute Gasteiger partial charge is 0.321 e. The lowest BCUT2D eigenvalue weighted by atomic mass is 10.4. The average molecular weight is 317 g/mol. The second-order valence-corrected chi connectivity index (χ2v) is 5.21. The number of benzene rings is 1. The number of methoxy groups -OCH3 is 1. The van der Waals surface area contributed by atoms with Gasteiger partial charge in [-0.2, -0.15) is 15.0 Å². The van der Waals surface area contributed by atoms with Crippen molar-refractivity contribution < 1.29 is 4.74 Å². The van der Waals surface area contributed by atoms with Crippen molar-refractivity contribution >= 4 is 40.9 Å². The fourth-order valence-corrected chi connectivity index (χ4v) is 2.37. The molecule has 19 heavy (non-hydrogen) atoms. The molecule has 1 aromatic carbocycles. The minimum absolute atomic E-state index is 0.252. The number of ether oxygens (including phenoxy) is 1. The summed E-state index contributed by atoms with van der Waals surface area (Å²) in [7, 11) is 3.23. The SMILES string of the molecule is CNc1nc(OC)nc(Sc2ccc(Cl)c(Cl)c2)n1. The second kappa shape index (κ2) is 6.27. The van der Waals surface area contributed by atoms with Gasteiger partial charge in [-0.15, -0.1) is 0 Å². The summed E-state index contributed by atoms with van der Waals surface area (Å²) in [6, 6.07) is 5.57. The van der Waals surface area contributed by atoms with Crippen LogP contribution >= 0.6 is 35.0 Å². The van der Waals surface area contributed by atoms with Crippen molar-refractivity contribution in [1.82, 2.24) is 15.0 Å². The molecule has 0 spiro atoms. The van der Waals surface area contributed by atoms with Gasteiger partial charge < -0.3 is 10.1 Å². The number of halogens is 2. The van der Waals surface area contributed by atoms with Gasteiger partial charge in [0.2, 0.25) is 11.1 Å². The first-order valence-corrected chi connectivity index (χ1v) is 6.80. The summed E-state index contributed by atoms with van der Waals surface area (Å²) in [4.78, 5) is 13.3. The van der Waals surface area contributed by atoms with Crippen LogP contribution in [0, 0.1) is 0 Å². The number of aromatic nitrogens is 3. The third-order valence-corrected chi connectivity index (χ3v) is 3.69. The summed E-state index contributed by atoms with van der Waals surface area (Å²) < 4.78 is 5.02. The monoisotopic (exact) mass is 316 g/mol. The summed E-state index contributed by atoms with van der Waals surface area (Å²) in [6.45, 7) is 0. The van der Waals surface area contributed by atoms with Crippen LogP contribution in [0.2, 0.25) is 10.0 Å². The van der Waals surface area contributed by atoms with Crippen molar-refractivity contribution in [3.8, 4) is 6.01 Å². The van der Waals surface area contributed by atoms with Crippen LogP contribution in [-0.2, 0) is 0 Å². The number of anilines is 1. The van der Waals surface area contributed by atoms with Crippen LogP contribution in [0.1, 0.15) is 0 Å². The molecule has 1 aromatic heterocycles. The van der Waals surface area contributed by atoms with Crippen LogP contribution < -0.4 is 10.1 Å². The Bertz CT molecular complexity index is 575. The van der Waals surface area contributed by atoms with Crippen molar-refractivity contribution in [3.63, 3.8) is 0 Å². The molecule has 0 radical (unpaired) electrons. The van der Waals surface area contributed by atoms with E-state index in [2.05, 4.69) is 20.3 Å². The van der Waals surface area contributed by atoms with Crippen LogP contribution in [-0.4, -0.2) is 29.1 Å². The molecule has 0 amide bonds. The minimum Gasteiger partial charge on any atom is -0.467 e. The molecular weight excluding hydrogens is 307 g/mol. The zero-order valence-corrected chi connectivity index (χ0v) is 12.5. The summed E-state index contributed by atoms with van der Waals surface area (Å²) in [5, 5.41) is 4.35. The van der Waals surface area contributed by atoms with E-state index in [0.29, 0.717) is 21.2 Å². The summed E-state index contributed by atoms with van der Waals surface area (Å²) in [6.07, 6.45) is 0. The van der Waals surface area contributed by atoms with Gasteiger partial charge in [0.1, 0.15) is 0 Å². The van der Waals surface area contributed by atoms with Gasteiger partial charge in [0.25, 0.3) is 0 Å². The molecule has 0 aliphatic carbocycles. The lowest BCUT2D eigenvalue weighted by Crippen LogP contribution is -2.02. The molecule has 2 aromatic rings. The minimum atomic E-state index is 0.252. The topological polar surface area (TPSA) is 59.9 Å². The molecule has 0 aliphatic heterocycles. The summed E-state index contributed by atoms with van der Waals surface area (Å²) in [5.41, 5.74) is 0. The Morgan fingerprint density at radius 3 is 2.58 bits per heavy atom. The third kappa shape index (κ3) is 3.62. The van der Waals surface area contributed by atoms with E-state index in [4.69, 9.17) is 27.9 Å². The quantitative estimate of drug-likeness (QED) is 0.933. The zero-order chi connectivity index (χ0) is 13.8. The Hall–Kier alpha value is -1.24. The van der Waals surface area contributed by atoms with E-state index >= 15 is 0 Å². The summed E-state index contributed by atoms with van der Waals surface area (Å²) >= 11 is 13.2.